The van der Waals surface area contributed by atoms with Gasteiger partial charge in [0.1, 0.15) is 11.3 Å². The molecule has 3 rings (SSSR count). The van der Waals surface area contributed by atoms with E-state index in [0.717, 1.165) is 10.8 Å². The van der Waals surface area contributed by atoms with Crippen LogP contribution in [0.4, 0.5) is 11.4 Å². The number of rotatable bonds is 5. The number of anilines is 1. The predicted molar refractivity (Wildman–Crippen MR) is 94.9 cm³/mol. The van der Waals surface area contributed by atoms with Gasteiger partial charge >= 0.3 is 5.69 Å². The Labute approximate surface area is 151 Å². The predicted octanol–water partition coefficient (Wildman–Crippen LogP) is 1.65. The number of non-ortho nitro benzene ring substituents is 1. The molecule has 138 valence electrons. The maximum Gasteiger partial charge on any atom is 0.328 e. The number of nitro groups is 1. The molecule has 0 atom stereocenters. The number of aromatic amines is 1. The second-order valence-corrected chi connectivity index (χ2v) is 5.69. The Kier molecular flexibility index (Phi) is 4.71. The van der Waals surface area contributed by atoms with Crippen LogP contribution in [-0.2, 0) is 6.54 Å². The summed E-state index contributed by atoms with van der Waals surface area (Å²) in [6.45, 7) is 1.46. The number of carbonyl (C=O) groups is 1. The number of hydrogen-bond donors (Lipinski definition) is 2. The molecule has 27 heavy (non-hydrogen) atoms. The third kappa shape index (κ3) is 3.68. The van der Waals surface area contributed by atoms with Crippen LogP contribution in [0.25, 0.3) is 0 Å². The van der Waals surface area contributed by atoms with Gasteiger partial charge in [0.2, 0.25) is 0 Å². The number of amides is 1. The molecule has 0 radical (unpaired) electrons. The topological polar surface area (TPSA) is 140 Å². The number of furan rings is 1. The summed E-state index contributed by atoms with van der Waals surface area (Å²) in [5.74, 6) is -0.368. The summed E-state index contributed by atoms with van der Waals surface area (Å²) < 4.78 is 5.97. The average Bonchev–Trinajstić information content (AvgIpc) is 3.13. The maximum absolute atomic E-state index is 12.5. The zero-order valence-electron chi connectivity index (χ0n) is 14.1. The van der Waals surface area contributed by atoms with E-state index in [1.54, 1.807) is 19.1 Å². The molecule has 1 amide bonds. The van der Waals surface area contributed by atoms with E-state index in [0.29, 0.717) is 17.0 Å². The highest BCUT2D eigenvalue weighted by molar-refractivity contribution is 6.04. The summed E-state index contributed by atoms with van der Waals surface area (Å²) in [6, 6.07) is 7.13. The van der Waals surface area contributed by atoms with Crippen molar-refractivity contribution in [1.29, 1.82) is 0 Å². The van der Waals surface area contributed by atoms with Crippen LogP contribution in [-0.4, -0.2) is 20.4 Å². The fourth-order valence-corrected chi connectivity index (χ4v) is 2.47. The number of H-pyrrole nitrogens is 1. The smallest absolute Gasteiger partial charge is 0.328 e. The monoisotopic (exact) mass is 370 g/mol. The van der Waals surface area contributed by atoms with Crippen LogP contribution in [0.5, 0.6) is 0 Å². The van der Waals surface area contributed by atoms with Crippen LogP contribution < -0.4 is 16.6 Å². The standard InChI is InChI=1S/C17H14N4O6/c1-10-7-11(21(25)26)4-5-14(10)19-15(22)13-8-18-17(24)20(16(13)23)9-12-3-2-6-27-12/h2-8H,9H2,1H3,(H,18,24)(H,19,22). The lowest BCUT2D eigenvalue weighted by atomic mass is 10.1. The second kappa shape index (κ2) is 7.12. The first-order valence-electron chi connectivity index (χ1n) is 7.78. The van der Waals surface area contributed by atoms with Crippen LogP contribution in [0.15, 0.2) is 56.8 Å². The molecule has 0 saturated heterocycles. The average molecular weight is 370 g/mol. The van der Waals surface area contributed by atoms with Crippen molar-refractivity contribution in [2.75, 3.05) is 5.32 Å². The molecule has 0 saturated carbocycles. The molecule has 10 heteroatoms. The summed E-state index contributed by atoms with van der Waals surface area (Å²) in [5, 5.41) is 13.3. The zero-order chi connectivity index (χ0) is 19.6. The minimum Gasteiger partial charge on any atom is -0.467 e. The molecule has 0 aliphatic carbocycles. The molecule has 3 aromatic rings. The zero-order valence-corrected chi connectivity index (χ0v) is 14.1. The summed E-state index contributed by atoms with van der Waals surface area (Å²) in [5.41, 5.74) is -1.09. The van der Waals surface area contributed by atoms with Crippen molar-refractivity contribution in [2.24, 2.45) is 0 Å². The van der Waals surface area contributed by atoms with Gasteiger partial charge in [0.25, 0.3) is 17.2 Å². The molecule has 1 aromatic carbocycles. The van der Waals surface area contributed by atoms with Gasteiger partial charge in [0.15, 0.2) is 0 Å². The molecule has 10 nitrogen and oxygen atoms in total. The lowest BCUT2D eigenvalue weighted by molar-refractivity contribution is -0.384. The van der Waals surface area contributed by atoms with Crippen molar-refractivity contribution in [1.82, 2.24) is 9.55 Å². The SMILES string of the molecule is Cc1cc([N+](=O)[O-])ccc1NC(=O)c1c[nH]c(=O)n(Cc2ccco2)c1=O. The van der Waals surface area contributed by atoms with Crippen LogP contribution >= 0.6 is 0 Å². The van der Waals surface area contributed by atoms with Crippen LogP contribution in [0.3, 0.4) is 0 Å². The van der Waals surface area contributed by atoms with Crippen LogP contribution in [0.2, 0.25) is 0 Å². The third-order valence-corrected chi connectivity index (χ3v) is 3.87. The molecule has 0 aliphatic heterocycles. The van der Waals surface area contributed by atoms with Crippen molar-refractivity contribution < 1.29 is 14.1 Å². The van der Waals surface area contributed by atoms with E-state index in [1.807, 2.05) is 0 Å². The van der Waals surface area contributed by atoms with Gasteiger partial charge in [0, 0.05) is 24.0 Å². The highest BCUT2D eigenvalue weighted by atomic mass is 16.6. The first-order valence-corrected chi connectivity index (χ1v) is 7.78. The summed E-state index contributed by atoms with van der Waals surface area (Å²) in [7, 11) is 0. The van der Waals surface area contributed by atoms with Gasteiger partial charge in [-0.1, -0.05) is 0 Å². The number of carbonyl (C=O) groups excluding carboxylic acids is 1. The summed E-state index contributed by atoms with van der Waals surface area (Å²) >= 11 is 0. The molecule has 0 bridgehead atoms. The Morgan fingerprint density at radius 1 is 1.33 bits per heavy atom. The Hall–Kier alpha value is -3.95. The van der Waals surface area contributed by atoms with Gasteiger partial charge < -0.3 is 14.7 Å². The number of benzene rings is 1. The van der Waals surface area contributed by atoms with Crippen molar-refractivity contribution in [3.8, 4) is 0 Å². The number of aromatic nitrogens is 2. The van der Waals surface area contributed by atoms with Gasteiger partial charge in [0.05, 0.1) is 17.7 Å². The Morgan fingerprint density at radius 3 is 2.74 bits per heavy atom. The Balaban J connectivity index is 1.90. The highest BCUT2D eigenvalue weighted by Gasteiger charge is 2.17. The van der Waals surface area contributed by atoms with Gasteiger partial charge in [-0.15, -0.1) is 0 Å². The lowest BCUT2D eigenvalue weighted by Gasteiger charge is -2.09. The number of aryl methyl sites for hydroxylation is 1. The van der Waals surface area contributed by atoms with Crippen LogP contribution in [0, 0.1) is 17.0 Å². The first kappa shape index (κ1) is 17.9. The minimum atomic E-state index is -0.785. The van der Waals surface area contributed by atoms with Crippen LogP contribution in [0.1, 0.15) is 21.7 Å². The summed E-state index contributed by atoms with van der Waals surface area (Å²) in [4.78, 5) is 49.5. The van der Waals surface area contributed by atoms with Crippen molar-refractivity contribution in [2.45, 2.75) is 13.5 Å². The second-order valence-electron chi connectivity index (χ2n) is 5.69. The van der Waals surface area contributed by atoms with E-state index >= 15 is 0 Å². The van der Waals surface area contributed by atoms with Crippen molar-refractivity contribution in [3.63, 3.8) is 0 Å². The van der Waals surface area contributed by atoms with E-state index in [4.69, 9.17) is 4.42 Å². The van der Waals surface area contributed by atoms with Gasteiger partial charge in [-0.25, -0.2) is 4.79 Å². The maximum atomic E-state index is 12.5. The molecular formula is C17H14N4O6. The van der Waals surface area contributed by atoms with Gasteiger partial charge in [-0.05, 0) is 30.7 Å². The van der Waals surface area contributed by atoms with Gasteiger partial charge in [-0.3, -0.25) is 24.3 Å². The molecular weight excluding hydrogens is 356 g/mol. The first-order chi connectivity index (χ1) is 12.9. The van der Waals surface area contributed by atoms with E-state index in [2.05, 4.69) is 10.3 Å². The van der Waals surface area contributed by atoms with Crippen molar-refractivity contribution in [3.05, 3.63) is 90.6 Å². The third-order valence-electron chi connectivity index (χ3n) is 3.87. The normalized spacial score (nSPS) is 10.6. The number of nitrogens with one attached hydrogen (secondary N) is 2. The fourth-order valence-electron chi connectivity index (χ4n) is 2.47. The number of hydrogen-bond acceptors (Lipinski definition) is 6. The van der Waals surface area contributed by atoms with E-state index in [9.17, 15) is 24.5 Å². The fraction of sp³-hybridized carbons (Fsp3) is 0.118. The lowest BCUT2D eigenvalue weighted by Crippen LogP contribution is -2.39. The molecule has 0 unspecified atom stereocenters. The molecule has 2 N–H and O–H groups in total. The molecule has 0 fully saturated rings. The number of nitro benzene ring substituents is 1. The largest absolute Gasteiger partial charge is 0.467 e. The highest BCUT2D eigenvalue weighted by Crippen LogP contribution is 2.21. The molecule has 2 heterocycles. The summed E-state index contributed by atoms with van der Waals surface area (Å²) in [6.07, 6.45) is 2.43. The van der Waals surface area contributed by atoms with Crippen molar-refractivity contribution >= 4 is 17.3 Å². The quantitative estimate of drug-likeness (QED) is 0.517. The molecule has 2 aromatic heterocycles. The van der Waals surface area contributed by atoms with E-state index in [-0.39, 0.29) is 17.8 Å². The van der Waals surface area contributed by atoms with E-state index < -0.39 is 22.1 Å². The Bertz CT molecular complexity index is 1130. The molecule has 0 spiro atoms. The Morgan fingerprint density at radius 2 is 2.11 bits per heavy atom. The minimum absolute atomic E-state index is 0.115. The number of nitrogens with zero attached hydrogens (tertiary/aromatic N) is 2. The van der Waals surface area contributed by atoms with Gasteiger partial charge in [-0.2, -0.15) is 0 Å². The molecule has 0 aliphatic rings. The van der Waals surface area contributed by atoms with E-state index in [1.165, 1.54) is 24.5 Å².